The number of amides is 8. The average molecular weight is 1160 g/mol. The molecule has 2 saturated heterocycles. The van der Waals surface area contributed by atoms with Gasteiger partial charge < -0.3 is 26.2 Å². The third-order valence-electron chi connectivity index (χ3n) is 18.3. The molecule has 1 aromatic heterocycles. The summed E-state index contributed by atoms with van der Waals surface area (Å²) in [5.74, 6) is -6.22. The Balaban J connectivity index is 0.743. The number of unbranched alkanes of at least 4 members (excludes halogenated alkanes) is 10. The molecule has 3 aliphatic carbocycles. The number of benzene rings is 1. The van der Waals surface area contributed by atoms with Crippen LogP contribution in [0.3, 0.4) is 0 Å². The number of aromatic nitrogens is 2. The van der Waals surface area contributed by atoms with Gasteiger partial charge in [0, 0.05) is 50.0 Å². The van der Waals surface area contributed by atoms with E-state index in [4.69, 9.17) is 0 Å². The highest BCUT2D eigenvalue weighted by Gasteiger charge is 2.53. The van der Waals surface area contributed by atoms with Crippen molar-refractivity contribution in [2.75, 3.05) is 18.4 Å². The van der Waals surface area contributed by atoms with Gasteiger partial charge in [0.05, 0.1) is 35.6 Å². The number of imide groups is 2. The van der Waals surface area contributed by atoms with Gasteiger partial charge in [0.1, 0.15) is 23.5 Å². The number of carbonyl (C=O) groups is 11. The molecule has 8 amide bonds. The molecule has 5 fully saturated rings. The van der Waals surface area contributed by atoms with Crippen molar-refractivity contribution in [3.63, 3.8) is 0 Å². The summed E-state index contributed by atoms with van der Waals surface area (Å²) in [6, 6.07) is 1.31. The second kappa shape index (κ2) is 29.4. The number of nitrogens with one attached hydrogen (secondary N) is 5. The van der Waals surface area contributed by atoms with E-state index in [2.05, 4.69) is 36.6 Å². The van der Waals surface area contributed by atoms with Crippen LogP contribution in [0.5, 0.6) is 0 Å². The molecule has 0 bridgehead atoms. The Morgan fingerprint density at radius 1 is 0.738 bits per heavy atom. The fourth-order valence-corrected chi connectivity index (χ4v) is 13.4. The van der Waals surface area contributed by atoms with Crippen molar-refractivity contribution in [3.05, 3.63) is 53.1 Å². The van der Waals surface area contributed by atoms with E-state index in [-0.39, 0.29) is 89.5 Å². The van der Waals surface area contributed by atoms with Crippen molar-refractivity contribution < 1.29 is 52.7 Å². The molecule has 20 nitrogen and oxygen atoms in total. The third kappa shape index (κ3) is 16.0. The molecule has 4 heterocycles. The lowest BCUT2D eigenvalue weighted by molar-refractivity contribution is -0.148. The number of fused-ring (bicyclic) bond motifs is 2. The zero-order valence-electron chi connectivity index (χ0n) is 49.9. The number of ketones is 3. The van der Waals surface area contributed by atoms with Crippen molar-refractivity contribution in [3.8, 4) is 0 Å². The Morgan fingerprint density at radius 3 is 2.05 bits per heavy atom. The summed E-state index contributed by atoms with van der Waals surface area (Å²) < 4.78 is 0. The van der Waals surface area contributed by atoms with Gasteiger partial charge in [0.2, 0.25) is 29.4 Å². The van der Waals surface area contributed by atoms with E-state index in [0.717, 1.165) is 133 Å². The van der Waals surface area contributed by atoms with Gasteiger partial charge >= 0.3 is 0 Å². The van der Waals surface area contributed by atoms with Crippen molar-refractivity contribution in [2.24, 2.45) is 29.1 Å². The summed E-state index contributed by atoms with van der Waals surface area (Å²) in [4.78, 5) is 159. The maximum Gasteiger partial charge on any atom is 0.289 e. The number of piperidine rings is 1. The molecular weight excluding hydrogens is 1070 g/mol. The van der Waals surface area contributed by atoms with Crippen molar-refractivity contribution in [1.29, 1.82) is 0 Å². The number of Topliss-reactive ketones (excluding diaryl/α,β-unsaturated/α-hetero) is 3. The highest BCUT2D eigenvalue weighted by atomic mass is 16.2. The number of carbonyl (C=O) groups excluding carboxylic acids is 11. The van der Waals surface area contributed by atoms with Crippen LogP contribution in [0.1, 0.15) is 243 Å². The van der Waals surface area contributed by atoms with Crippen LogP contribution < -0.4 is 26.6 Å². The maximum absolute atomic E-state index is 15.0. The van der Waals surface area contributed by atoms with Crippen LogP contribution in [-0.2, 0) is 33.6 Å². The standard InChI is InChI=1S/C64H89N9O11/c1-5-22-46(56(77)60(81)68-41-30-31-41)69-59(80)55-42-26-20-25-40(42)38-72(55)62(83)44(64(2,3)4)35-51(75)54(39-23-16-15-17-24-39)71-57(78)48-37-66-47(36-67-48)50(74)29-18-13-11-9-7-6-8-10-12-14-19-34-65-45-28-21-27-43-53(45)63(84)73(61(43)82)49-32-33-52(76)70-58(49)79/h21,27-28,36-37,39-42,44,46,49,54-55,65H,5-20,22-26,29-35,38H2,1-4H3,(H,68,81)(H,69,80)(H,71,78)(H,70,76,79)/t40-,42-,44+,46-,49?,54-,55-/m0/s1. The molecule has 20 heteroatoms. The molecule has 1 unspecified atom stereocenters. The zero-order valence-corrected chi connectivity index (χ0v) is 49.9. The Morgan fingerprint density at radius 2 is 1.40 bits per heavy atom. The van der Waals surface area contributed by atoms with Gasteiger partial charge in [0.25, 0.3) is 23.6 Å². The molecule has 2 aromatic rings. The van der Waals surface area contributed by atoms with Crippen molar-refractivity contribution in [1.82, 2.24) is 41.0 Å². The Bertz CT molecular complexity index is 2770. The Labute approximate surface area is 494 Å². The summed E-state index contributed by atoms with van der Waals surface area (Å²) in [6.45, 7) is 8.61. The second-order valence-electron chi connectivity index (χ2n) is 25.6. The quantitative estimate of drug-likeness (QED) is 0.0208. The first kappa shape index (κ1) is 63.3. The molecule has 3 aliphatic heterocycles. The van der Waals surface area contributed by atoms with Crippen LogP contribution in [0.4, 0.5) is 5.69 Å². The van der Waals surface area contributed by atoms with Gasteiger partial charge in [-0.15, -0.1) is 0 Å². The highest BCUT2D eigenvalue weighted by Crippen LogP contribution is 2.45. The van der Waals surface area contributed by atoms with Gasteiger partial charge in [0.15, 0.2) is 11.6 Å². The van der Waals surface area contributed by atoms with E-state index in [1.54, 1.807) is 23.1 Å². The molecule has 0 spiro atoms. The molecule has 3 saturated carbocycles. The first-order valence-electron chi connectivity index (χ1n) is 31.6. The number of nitrogens with zero attached hydrogens (tertiary/aromatic N) is 4. The van der Waals surface area contributed by atoms with E-state index in [9.17, 15) is 52.7 Å². The third-order valence-corrected chi connectivity index (χ3v) is 18.3. The smallest absolute Gasteiger partial charge is 0.289 e. The van der Waals surface area contributed by atoms with E-state index in [0.29, 0.717) is 38.0 Å². The minimum Gasteiger partial charge on any atom is -0.384 e. The lowest BCUT2D eigenvalue weighted by Crippen LogP contribution is -2.56. The minimum atomic E-state index is -1.01. The summed E-state index contributed by atoms with van der Waals surface area (Å²) in [5, 5.41) is 14.2. The van der Waals surface area contributed by atoms with Crippen LogP contribution in [-0.4, -0.2) is 128 Å². The largest absolute Gasteiger partial charge is 0.384 e. The Hall–Kier alpha value is -6.73. The molecule has 84 heavy (non-hydrogen) atoms. The highest BCUT2D eigenvalue weighted by molar-refractivity contribution is 6.38. The lowest BCUT2D eigenvalue weighted by Gasteiger charge is -2.37. The maximum atomic E-state index is 15.0. The first-order valence-corrected chi connectivity index (χ1v) is 31.6. The summed E-state index contributed by atoms with van der Waals surface area (Å²) >= 11 is 0. The molecular formula is C64H89N9O11. The number of hydrogen-bond acceptors (Lipinski definition) is 14. The predicted molar refractivity (Wildman–Crippen MR) is 313 cm³/mol. The summed E-state index contributed by atoms with van der Waals surface area (Å²) in [7, 11) is 0. The van der Waals surface area contributed by atoms with Gasteiger partial charge in [-0.25, -0.2) is 9.97 Å². The van der Waals surface area contributed by atoms with Crippen LogP contribution >= 0.6 is 0 Å². The van der Waals surface area contributed by atoms with Crippen LogP contribution in [0.15, 0.2) is 30.6 Å². The lowest BCUT2D eigenvalue weighted by atomic mass is 9.74. The molecule has 6 aliphatic rings. The van der Waals surface area contributed by atoms with Gasteiger partial charge in [-0.3, -0.25) is 63.0 Å². The number of rotatable bonds is 31. The van der Waals surface area contributed by atoms with Crippen LogP contribution in [0, 0.1) is 29.1 Å². The van der Waals surface area contributed by atoms with Gasteiger partial charge in [-0.2, -0.15) is 0 Å². The molecule has 1 aromatic carbocycles. The van der Waals surface area contributed by atoms with Crippen LogP contribution in [0.2, 0.25) is 0 Å². The number of hydrogen-bond donors (Lipinski definition) is 5. The SMILES string of the molecule is CCC[C@H](NC(=O)[C@@H]1[C@H]2CCC[C@H]2CN1C(=O)[C@@H](CC(=O)[C@@H](NC(=O)c1cnc(C(=O)CCCCCCCCCCCCCNc2cccc3c2C(=O)N(C2CCC(=O)NC2=O)C3=O)cn1)C1CCCCC1)C(C)(C)C)C(=O)C(=O)NC1CC1. The number of anilines is 1. The van der Waals surface area contributed by atoms with E-state index in [1.807, 2.05) is 27.7 Å². The zero-order chi connectivity index (χ0) is 60.1. The predicted octanol–water partition coefficient (Wildman–Crippen LogP) is 7.91. The van der Waals surface area contributed by atoms with Gasteiger partial charge in [-0.1, -0.05) is 124 Å². The molecule has 456 valence electrons. The second-order valence-corrected chi connectivity index (χ2v) is 25.6. The summed E-state index contributed by atoms with van der Waals surface area (Å²) in [6.07, 6.45) is 23.4. The molecule has 5 N–H and O–H groups in total. The molecule has 8 rings (SSSR count). The molecule has 7 atom stereocenters. The van der Waals surface area contributed by atoms with E-state index < -0.39 is 82.6 Å². The van der Waals surface area contributed by atoms with Crippen LogP contribution in [0.25, 0.3) is 0 Å². The normalized spacial score (nSPS) is 21.7. The van der Waals surface area contributed by atoms with E-state index >= 15 is 0 Å². The number of likely N-dealkylation sites (tertiary alicyclic amines) is 1. The van der Waals surface area contributed by atoms with Gasteiger partial charge in [-0.05, 0) is 99.5 Å². The molecule has 0 radical (unpaired) electrons. The monoisotopic (exact) mass is 1160 g/mol. The Kier molecular flexibility index (Phi) is 22.1. The topological polar surface area (TPSA) is 280 Å². The van der Waals surface area contributed by atoms with E-state index in [1.165, 1.54) is 12.4 Å². The average Bonchev–Trinajstić information content (AvgIpc) is 1.82. The fourth-order valence-electron chi connectivity index (χ4n) is 13.4. The summed E-state index contributed by atoms with van der Waals surface area (Å²) in [5.41, 5.74) is 0.546. The minimum absolute atomic E-state index is 0.0131. The fraction of sp³-hybridized carbons (Fsp3) is 0.672. The van der Waals surface area contributed by atoms with Crippen molar-refractivity contribution >= 4 is 70.3 Å². The first-order chi connectivity index (χ1) is 40.4. The van der Waals surface area contributed by atoms with Crippen molar-refractivity contribution in [2.45, 2.75) is 231 Å².